The number of aldehydes is 1. The number of aliphatic hydroxyl groups excluding tert-OH is 1. The quantitative estimate of drug-likeness (QED) is 0.438. The van der Waals surface area contributed by atoms with Crippen molar-refractivity contribution in [3.05, 3.63) is 30.0 Å². The highest BCUT2D eigenvalue weighted by molar-refractivity contribution is 6.06. The lowest BCUT2D eigenvalue weighted by Crippen LogP contribution is -1.93. The molecule has 1 aromatic rings. The normalized spacial score (nSPS) is 14.1. The van der Waals surface area contributed by atoms with E-state index in [1.54, 1.807) is 18.2 Å². The largest absolute Gasteiger partial charge is 0.515 e. The molecule has 1 heterocycles. The van der Waals surface area contributed by atoms with Gasteiger partial charge in [-0.3, -0.25) is 4.79 Å². The Hall–Kier alpha value is -1.97. The fourth-order valence-electron chi connectivity index (χ4n) is 1.25. The molecule has 1 N–H and O–H groups in total. The number of carbonyl (C=O) groups is 1. The smallest absolute Gasteiger partial charge is 0.231 e. The fourth-order valence-corrected chi connectivity index (χ4v) is 1.25. The summed E-state index contributed by atoms with van der Waals surface area (Å²) in [6.45, 7) is 0.193. The molecule has 0 amide bonds. The minimum Gasteiger partial charge on any atom is -0.515 e. The Balaban J connectivity index is 2.42. The molecule has 0 saturated carbocycles. The van der Waals surface area contributed by atoms with Crippen LogP contribution >= 0.6 is 0 Å². The molecule has 2 rings (SSSR count). The lowest BCUT2D eigenvalue weighted by atomic mass is 10.1. The third-order valence-electron chi connectivity index (χ3n) is 1.97. The van der Waals surface area contributed by atoms with Crippen molar-refractivity contribution in [2.75, 3.05) is 6.79 Å². The Morgan fingerprint density at radius 2 is 2.14 bits per heavy atom. The zero-order chi connectivity index (χ0) is 9.97. The highest BCUT2D eigenvalue weighted by atomic mass is 16.7. The second kappa shape index (κ2) is 3.41. The number of benzene rings is 1. The summed E-state index contributed by atoms with van der Waals surface area (Å²) in [5.41, 5.74) is 0.815. The molecule has 0 unspecified atom stereocenters. The van der Waals surface area contributed by atoms with Gasteiger partial charge < -0.3 is 14.6 Å². The SMILES string of the molecule is O=C/C(=C/O)c1ccc2c(c1)OCO2. The second-order valence-corrected chi connectivity index (χ2v) is 2.77. The van der Waals surface area contributed by atoms with Crippen molar-refractivity contribution in [3.8, 4) is 11.5 Å². The van der Waals surface area contributed by atoms with Crippen LogP contribution in [0.1, 0.15) is 5.56 Å². The van der Waals surface area contributed by atoms with Gasteiger partial charge in [0.15, 0.2) is 17.8 Å². The van der Waals surface area contributed by atoms with Gasteiger partial charge in [-0.05, 0) is 17.7 Å². The second-order valence-electron chi connectivity index (χ2n) is 2.77. The highest BCUT2D eigenvalue weighted by Gasteiger charge is 2.14. The van der Waals surface area contributed by atoms with Gasteiger partial charge in [-0.2, -0.15) is 0 Å². The van der Waals surface area contributed by atoms with E-state index in [-0.39, 0.29) is 12.4 Å². The third kappa shape index (κ3) is 1.31. The lowest BCUT2D eigenvalue weighted by molar-refractivity contribution is -0.103. The molecule has 14 heavy (non-hydrogen) atoms. The molecule has 0 aliphatic carbocycles. The number of aliphatic hydroxyl groups is 1. The summed E-state index contributed by atoms with van der Waals surface area (Å²) < 4.78 is 10.2. The van der Waals surface area contributed by atoms with Gasteiger partial charge in [-0.1, -0.05) is 6.07 Å². The summed E-state index contributed by atoms with van der Waals surface area (Å²) in [7, 11) is 0. The van der Waals surface area contributed by atoms with Crippen LogP contribution in [0.5, 0.6) is 11.5 Å². The number of rotatable bonds is 2. The van der Waals surface area contributed by atoms with Gasteiger partial charge in [0.25, 0.3) is 0 Å². The molecule has 1 aliphatic rings. The Labute approximate surface area is 80.4 Å². The van der Waals surface area contributed by atoms with Crippen LogP contribution in [0.2, 0.25) is 0 Å². The van der Waals surface area contributed by atoms with Gasteiger partial charge in [0.1, 0.15) is 0 Å². The molecular formula is C10H8O4. The van der Waals surface area contributed by atoms with Crippen LogP contribution in [0.3, 0.4) is 0 Å². The van der Waals surface area contributed by atoms with Crippen molar-refractivity contribution in [3.63, 3.8) is 0 Å². The van der Waals surface area contributed by atoms with Crippen LogP contribution in [0.15, 0.2) is 24.5 Å². The molecule has 72 valence electrons. The Morgan fingerprint density at radius 1 is 1.36 bits per heavy atom. The van der Waals surface area contributed by atoms with Gasteiger partial charge in [0.2, 0.25) is 6.79 Å². The number of carbonyl (C=O) groups excluding carboxylic acids is 1. The van der Waals surface area contributed by atoms with Crippen molar-refractivity contribution in [1.82, 2.24) is 0 Å². The molecule has 0 fully saturated rings. The molecule has 1 aromatic carbocycles. The van der Waals surface area contributed by atoms with Gasteiger partial charge >= 0.3 is 0 Å². The molecule has 0 aromatic heterocycles. The molecule has 0 atom stereocenters. The standard InChI is InChI=1S/C10H8O4/c11-4-8(5-12)7-1-2-9-10(3-7)14-6-13-9/h1-5,11H,6H2/b8-4-. The van der Waals surface area contributed by atoms with E-state index in [0.29, 0.717) is 23.3 Å². The number of ether oxygens (including phenoxy) is 2. The number of allylic oxidation sites excluding steroid dienone is 1. The van der Waals surface area contributed by atoms with E-state index in [9.17, 15) is 4.79 Å². The molecular weight excluding hydrogens is 184 g/mol. The molecule has 0 radical (unpaired) electrons. The van der Waals surface area contributed by atoms with Gasteiger partial charge in [-0.25, -0.2) is 0 Å². The van der Waals surface area contributed by atoms with Crippen LogP contribution in [-0.4, -0.2) is 18.2 Å². The maximum absolute atomic E-state index is 10.5. The first kappa shape index (κ1) is 8.62. The molecule has 4 heteroatoms. The first-order valence-corrected chi connectivity index (χ1v) is 4.04. The first-order valence-electron chi connectivity index (χ1n) is 4.04. The van der Waals surface area contributed by atoms with Crippen molar-refractivity contribution in [2.45, 2.75) is 0 Å². The van der Waals surface area contributed by atoms with Crippen LogP contribution in [0.4, 0.5) is 0 Å². The third-order valence-corrected chi connectivity index (χ3v) is 1.97. The summed E-state index contributed by atoms with van der Waals surface area (Å²) >= 11 is 0. The van der Waals surface area contributed by atoms with E-state index >= 15 is 0 Å². The summed E-state index contributed by atoms with van der Waals surface area (Å²) in [6, 6.07) is 5.04. The molecule has 0 bridgehead atoms. The minimum atomic E-state index is 0.193. The van der Waals surface area contributed by atoms with Crippen LogP contribution in [-0.2, 0) is 4.79 Å². The molecule has 4 nitrogen and oxygen atoms in total. The highest BCUT2D eigenvalue weighted by Crippen LogP contribution is 2.33. The van der Waals surface area contributed by atoms with Gasteiger partial charge in [0, 0.05) is 0 Å². The summed E-state index contributed by atoms with van der Waals surface area (Å²) in [4.78, 5) is 10.5. The zero-order valence-electron chi connectivity index (χ0n) is 7.27. The predicted molar refractivity (Wildman–Crippen MR) is 49.2 cm³/mol. The first-order chi connectivity index (χ1) is 6.85. The maximum Gasteiger partial charge on any atom is 0.231 e. The number of hydrogen-bond donors (Lipinski definition) is 1. The van der Waals surface area contributed by atoms with Crippen molar-refractivity contribution in [1.29, 1.82) is 0 Å². The minimum absolute atomic E-state index is 0.193. The Morgan fingerprint density at radius 3 is 2.86 bits per heavy atom. The molecule has 0 spiro atoms. The average molecular weight is 192 g/mol. The van der Waals surface area contributed by atoms with Crippen molar-refractivity contribution >= 4 is 11.9 Å². The molecule has 1 aliphatic heterocycles. The van der Waals surface area contributed by atoms with E-state index in [1.807, 2.05) is 0 Å². The van der Waals surface area contributed by atoms with E-state index in [0.717, 1.165) is 6.26 Å². The van der Waals surface area contributed by atoms with E-state index in [1.165, 1.54) is 0 Å². The Kier molecular flexibility index (Phi) is 2.10. The maximum atomic E-state index is 10.5. The lowest BCUT2D eigenvalue weighted by Gasteiger charge is -2.00. The summed E-state index contributed by atoms with van der Waals surface area (Å²) in [5, 5.41) is 8.76. The van der Waals surface area contributed by atoms with E-state index in [2.05, 4.69) is 0 Å². The van der Waals surface area contributed by atoms with E-state index in [4.69, 9.17) is 14.6 Å². The van der Waals surface area contributed by atoms with Crippen molar-refractivity contribution in [2.24, 2.45) is 0 Å². The fraction of sp³-hybridized carbons (Fsp3) is 0.100. The number of hydrogen-bond acceptors (Lipinski definition) is 4. The van der Waals surface area contributed by atoms with Crippen LogP contribution in [0.25, 0.3) is 5.57 Å². The summed E-state index contributed by atoms with van der Waals surface area (Å²) in [6.07, 6.45) is 1.35. The predicted octanol–water partition coefficient (Wildman–Crippen LogP) is 1.51. The Bertz CT molecular complexity index is 395. The topological polar surface area (TPSA) is 55.8 Å². The summed E-state index contributed by atoms with van der Waals surface area (Å²) in [5.74, 6) is 1.24. The number of fused-ring (bicyclic) bond motifs is 1. The average Bonchev–Trinajstić information content (AvgIpc) is 2.66. The van der Waals surface area contributed by atoms with Crippen LogP contribution in [0, 0.1) is 0 Å². The zero-order valence-corrected chi connectivity index (χ0v) is 7.27. The van der Waals surface area contributed by atoms with Crippen molar-refractivity contribution < 1.29 is 19.4 Å². The monoisotopic (exact) mass is 192 g/mol. The van der Waals surface area contributed by atoms with E-state index < -0.39 is 0 Å². The molecule has 0 saturated heterocycles. The van der Waals surface area contributed by atoms with Crippen LogP contribution < -0.4 is 9.47 Å². The van der Waals surface area contributed by atoms with Gasteiger partial charge in [-0.15, -0.1) is 0 Å². The van der Waals surface area contributed by atoms with Gasteiger partial charge in [0.05, 0.1) is 11.8 Å².